The Labute approximate surface area is 119 Å². The average Bonchev–Trinajstić information content (AvgIpc) is 2.36. The third-order valence-corrected chi connectivity index (χ3v) is 3.35. The largest absolute Gasteiger partial charge is 0.496 e. The van der Waals surface area contributed by atoms with E-state index < -0.39 is 13.0 Å². The van der Waals surface area contributed by atoms with Gasteiger partial charge >= 0.3 is 0 Å². The van der Waals surface area contributed by atoms with Crippen LogP contribution in [0.25, 0.3) is 0 Å². The highest BCUT2D eigenvalue weighted by atomic mass is 79.9. The van der Waals surface area contributed by atoms with E-state index in [0.717, 1.165) is 10.0 Å². The van der Waals surface area contributed by atoms with Gasteiger partial charge in [-0.25, -0.2) is 8.78 Å². The molecule has 0 bridgehead atoms. The summed E-state index contributed by atoms with van der Waals surface area (Å²) in [6.45, 7) is 1.20. The lowest BCUT2D eigenvalue weighted by atomic mass is 10.1. The quantitative estimate of drug-likeness (QED) is 0.563. The zero-order valence-electron chi connectivity index (χ0n) is 10.7. The average molecular weight is 337 g/mol. The summed E-state index contributed by atoms with van der Waals surface area (Å²) < 4.78 is 34.4. The fraction of sp³-hybridized carbons (Fsp3) is 0.462. The van der Waals surface area contributed by atoms with E-state index in [-0.39, 0.29) is 18.8 Å². The second kappa shape index (κ2) is 7.55. The first-order valence-corrected chi connectivity index (χ1v) is 6.48. The molecule has 1 rings (SSSR count). The summed E-state index contributed by atoms with van der Waals surface area (Å²) >= 11 is 3.34. The highest BCUT2D eigenvalue weighted by Crippen LogP contribution is 2.27. The maximum Gasteiger partial charge on any atom is 0.261 e. The second-order valence-electron chi connectivity index (χ2n) is 3.94. The summed E-state index contributed by atoms with van der Waals surface area (Å²) in [7, 11) is 1.48. The van der Waals surface area contributed by atoms with Crippen LogP contribution in [0.2, 0.25) is 0 Å². The van der Waals surface area contributed by atoms with E-state index in [1.54, 1.807) is 12.1 Å². The topological polar surface area (TPSA) is 35.5 Å². The van der Waals surface area contributed by atoms with Crippen LogP contribution in [0.5, 0.6) is 5.75 Å². The third kappa shape index (κ3) is 4.87. The molecule has 19 heavy (non-hydrogen) atoms. The van der Waals surface area contributed by atoms with E-state index in [4.69, 9.17) is 9.47 Å². The molecule has 6 heteroatoms. The minimum atomic E-state index is -2.52. The van der Waals surface area contributed by atoms with Gasteiger partial charge in [-0.2, -0.15) is 0 Å². The lowest BCUT2D eigenvalue weighted by Gasteiger charge is -2.10. The SMILES string of the molecule is COc1cc(C)c(Br)cc1C(=O)CCOCC(F)F. The lowest BCUT2D eigenvalue weighted by Crippen LogP contribution is -2.10. The number of ketones is 1. The van der Waals surface area contributed by atoms with Crippen LogP contribution < -0.4 is 4.74 Å². The van der Waals surface area contributed by atoms with Gasteiger partial charge in [0.05, 0.1) is 19.3 Å². The zero-order valence-corrected chi connectivity index (χ0v) is 12.3. The summed E-state index contributed by atoms with van der Waals surface area (Å²) in [5.41, 5.74) is 1.36. The molecule has 0 spiro atoms. The number of halogens is 3. The van der Waals surface area contributed by atoms with Crippen molar-refractivity contribution in [2.45, 2.75) is 19.8 Å². The van der Waals surface area contributed by atoms with E-state index in [2.05, 4.69) is 15.9 Å². The molecule has 3 nitrogen and oxygen atoms in total. The van der Waals surface area contributed by atoms with Gasteiger partial charge in [0, 0.05) is 10.9 Å². The number of carbonyl (C=O) groups is 1. The molecule has 1 aromatic rings. The summed E-state index contributed by atoms with van der Waals surface area (Å²) in [6, 6.07) is 3.42. The number of hydrogen-bond donors (Lipinski definition) is 0. The van der Waals surface area contributed by atoms with Gasteiger partial charge < -0.3 is 9.47 Å². The molecule has 0 aliphatic carbocycles. The van der Waals surface area contributed by atoms with Gasteiger partial charge in [-0.3, -0.25) is 4.79 Å². The summed E-state index contributed by atoms with van der Waals surface area (Å²) in [5, 5.41) is 0. The number of methoxy groups -OCH3 is 1. The van der Waals surface area contributed by atoms with Crippen molar-refractivity contribution in [3.05, 3.63) is 27.7 Å². The van der Waals surface area contributed by atoms with Crippen molar-refractivity contribution in [2.24, 2.45) is 0 Å². The number of aryl methyl sites for hydroxylation is 1. The predicted molar refractivity (Wildman–Crippen MR) is 71.2 cm³/mol. The Hall–Kier alpha value is -1.01. The molecule has 106 valence electrons. The van der Waals surface area contributed by atoms with Gasteiger partial charge in [0.2, 0.25) is 0 Å². The molecule has 0 saturated heterocycles. The van der Waals surface area contributed by atoms with Crippen molar-refractivity contribution >= 4 is 21.7 Å². The number of carbonyl (C=O) groups excluding carboxylic acids is 1. The second-order valence-corrected chi connectivity index (χ2v) is 4.80. The van der Waals surface area contributed by atoms with Crippen LogP contribution in [0.15, 0.2) is 16.6 Å². The van der Waals surface area contributed by atoms with Crippen LogP contribution in [0.4, 0.5) is 8.78 Å². The van der Waals surface area contributed by atoms with Crippen LogP contribution in [-0.4, -0.2) is 32.5 Å². The Morgan fingerprint density at radius 1 is 1.42 bits per heavy atom. The zero-order chi connectivity index (χ0) is 14.4. The monoisotopic (exact) mass is 336 g/mol. The van der Waals surface area contributed by atoms with Gasteiger partial charge in [0.15, 0.2) is 5.78 Å². The van der Waals surface area contributed by atoms with E-state index in [0.29, 0.717) is 11.3 Å². The molecule has 0 aliphatic rings. The summed E-state index contributed by atoms with van der Waals surface area (Å²) in [4.78, 5) is 12.0. The predicted octanol–water partition coefficient (Wildman–Crippen LogP) is 3.62. The van der Waals surface area contributed by atoms with E-state index >= 15 is 0 Å². The molecule has 0 unspecified atom stereocenters. The minimum absolute atomic E-state index is 0.0299. The molecule has 0 aromatic heterocycles. The molecule has 0 amide bonds. The van der Waals surface area contributed by atoms with Gasteiger partial charge in [-0.1, -0.05) is 15.9 Å². The molecular formula is C13H15BrF2O3. The summed E-state index contributed by atoms with van der Waals surface area (Å²) in [5.74, 6) is 0.270. The van der Waals surface area contributed by atoms with Crippen LogP contribution in [0, 0.1) is 6.92 Å². The normalized spacial score (nSPS) is 10.8. The van der Waals surface area contributed by atoms with E-state index in [1.165, 1.54) is 7.11 Å². The van der Waals surface area contributed by atoms with Crippen LogP contribution in [0.1, 0.15) is 22.3 Å². The number of hydrogen-bond acceptors (Lipinski definition) is 3. The molecule has 0 N–H and O–H groups in total. The fourth-order valence-corrected chi connectivity index (χ4v) is 1.86. The highest BCUT2D eigenvalue weighted by molar-refractivity contribution is 9.10. The molecule has 0 aliphatic heterocycles. The number of alkyl halides is 2. The smallest absolute Gasteiger partial charge is 0.261 e. The number of ether oxygens (including phenoxy) is 2. The molecule has 0 saturated carbocycles. The minimum Gasteiger partial charge on any atom is -0.496 e. The Bertz CT molecular complexity index is 450. The first-order valence-electron chi connectivity index (χ1n) is 5.69. The molecular weight excluding hydrogens is 322 g/mol. The first-order chi connectivity index (χ1) is 8.95. The van der Waals surface area contributed by atoms with Crippen molar-refractivity contribution < 1.29 is 23.0 Å². The van der Waals surface area contributed by atoms with Gasteiger partial charge in [0.25, 0.3) is 6.43 Å². The van der Waals surface area contributed by atoms with Gasteiger partial charge in [-0.15, -0.1) is 0 Å². The van der Waals surface area contributed by atoms with Gasteiger partial charge in [-0.05, 0) is 24.6 Å². The third-order valence-electron chi connectivity index (χ3n) is 2.50. The number of benzene rings is 1. The number of Topliss-reactive ketones (excluding diaryl/α,β-unsaturated/α-hetero) is 1. The van der Waals surface area contributed by atoms with Crippen molar-refractivity contribution in [2.75, 3.05) is 20.3 Å². The van der Waals surface area contributed by atoms with Crippen molar-refractivity contribution in [1.82, 2.24) is 0 Å². The Morgan fingerprint density at radius 3 is 2.68 bits per heavy atom. The molecule has 0 atom stereocenters. The Balaban J connectivity index is 2.68. The maximum absolute atomic E-state index is 12.0. The van der Waals surface area contributed by atoms with Crippen LogP contribution >= 0.6 is 15.9 Å². The fourth-order valence-electron chi connectivity index (χ4n) is 1.51. The van der Waals surface area contributed by atoms with E-state index in [9.17, 15) is 13.6 Å². The van der Waals surface area contributed by atoms with Crippen LogP contribution in [0.3, 0.4) is 0 Å². The van der Waals surface area contributed by atoms with Crippen LogP contribution in [-0.2, 0) is 4.74 Å². The molecule has 0 heterocycles. The Kier molecular flexibility index (Phi) is 6.37. The van der Waals surface area contributed by atoms with Crippen molar-refractivity contribution in [1.29, 1.82) is 0 Å². The summed E-state index contributed by atoms with van der Waals surface area (Å²) in [6.07, 6.45) is -2.48. The first kappa shape index (κ1) is 16.0. The standard InChI is InChI=1S/C13H15BrF2O3/c1-8-5-12(18-2)9(6-10(8)14)11(17)3-4-19-7-13(15)16/h5-6,13H,3-4,7H2,1-2H3. The maximum atomic E-state index is 12.0. The molecule has 0 fully saturated rings. The molecule has 1 aromatic carbocycles. The van der Waals surface area contributed by atoms with Crippen molar-refractivity contribution in [3.63, 3.8) is 0 Å². The number of rotatable bonds is 7. The lowest BCUT2D eigenvalue weighted by molar-refractivity contribution is 0.0169. The molecule has 0 radical (unpaired) electrons. The van der Waals surface area contributed by atoms with Crippen molar-refractivity contribution in [3.8, 4) is 5.75 Å². The van der Waals surface area contributed by atoms with E-state index in [1.807, 2.05) is 6.92 Å². The Morgan fingerprint density at radius 2 is 2.11 bits per heavy atom. The highest BCUT2D eigenvalue weighted by Gasteiger charge is 2.14. The van der Waals surface area contributed by atoms with Gasteiger partial charge in [0.1, 0.15) is 12.4 Å².